The summed E-state index contributed by atoms with van der Waals surface area (Å²) < 4.78 is 18.2. The van der Waals surface area contributed by atoms with Crippen LogP contribution in [0.4, 0.5) is 0 Å². The Bertz CT molecular complexity index is 873. The normalized spacial score (nSPS) is 27.7. The van der Waals surface area contributed by atoms with Gasteiger partial charge in [0.15, 0.2) is 0 Å². The quantitative estimate of drug-likeness (QED) is 0.771. The average molecular weight is 340 g/mol. The Morgan fingerprint density at radius 1 is 1.08 bits per heavy atom. The summed E-state index contributed by atoms with van der Waals surface area (Å²) in [4.78, 5) is 0. The number of benzene rings is 2. The van der Waals surface area contributed by atoms with Crippen LogP contribution in [0.3, 0.4) is 0 Å². The van der Waals surface area contributed by atoms with Crippen LogP contribution in [-0.2, 0) is 6.42 Å². The molecule has 3 atom stereocenters. The molecule has 0 unspecified atom stereocenters. The second-order valence-corrected chi connectivity index (χ2v) is 7.56. The minimum Gasteiger partial charge on any atom is -0.508 e. The molecule has 2 N–H and O–H groups in total. The van der Waals surface area contributed by atoms with Gasteiger partial charge in [-0.25, -0.2) is 0 Å². The summed E-state index contributed by atoms with van der Waals surface area (Å²) in [6.07, 6.45) is -0.218. The summed E-state index contributed by atoms with van der Waals surface area (Å²) in [6.45, 7) is 4.29. The van der Waals surface area contributed by atoms with E-state index in [9.17, 15) is 10.2 Å². The monoisotopic (exact) mass is 340 g/mol. The minimum absolute atomic E-state index is 0.101. The van der Waals surface area contributed by atoms with E-state index in [1.165, 1.54) is 0 Å². The van der Waals surface area contributed by atoms with Crippen LogP contribution in [0, 0.1) is 0 Å². The van der Waals surface area contributed by atoms with Gasteiger partial charge in [0.25, 0.3) is 0 Å². The topological polar surface area (TPSA) is 68.2 Å². The third-order valence-electron chi connectivity index (χ3n) is 5.55. The molecule has 2 aromatic rings. The first-order valence-corrected chi connectivity index (χ1v) is 8.59. The van der Waals surface area contributed by atoms with Gasteiger partial charge >= 0.3 is 0 Å². The summed E-state index contributed by atoms with van der Waals surface area (Å²) in [5, 5.41) is 20.1. The van der Waals surface area contributed by atoms with Crippen LogP contribution >= 0.6 is 0 Å². The van der Waals surface area contributed by atoms with E-state index >= 15 is 0 Å². The van der Waals surface area contributed by atoms with E-state index in [1.807, 2.05) is 32.0 Å². The average Bonchev–Trinajstić information content (AvgIpc) is 2.94. The lowest BCUT2D eigenvalue weighted by atomic mass is 9.86. The predicted octanol–water partition coefficient (Wildman–Crippen LogP) is 3.08. The van der Waals surface area contributed by atoms with Crippen molar-refractivity contribution >= 4 is 0 Å². The molecule has 0 saturated heterocycles. The molecular formula is C20H20O5. The Balaban J connectivity index is 1.59. The van der Waals surface area contributed by atoms with Crippen molar-refractivity contribution in [3.05, 3.63) is 47.0 Å². The van der Waals surface area contributed by atoms with Crippen molar-refractivity contribution in [3.63, 3.8) is 0 Å². The molecule has 0 amide bonds. The second kappa shape index (κ2) is 4.82. The van der Waals surface area contributed by atoms with Gasteiger partial charge in [0, 0.05) is 29.2 Å². The fourth-order valence-corrected chi connectivity index (χ4v) is 4.03. The molecule has 2 aromatic carbocycles. The zero-order chi connectivity index (χ0) is 17.3. The molecule has 0 fully saturated rings. The van der Waals surface area contributed by atoms with Crippen molar-refractivity contribution in [3.8, 4) is 23.0 Å². The van der Waals surface area contributed by atoms with Crippen molar-refractivity contribution in [2.45, 2.75) is 44.0 Å². The van der Waals surface area contributed by atoms with E-state index in [0.29, 0.717) is 18.8 Å². The lowest BCUT2D eigenvalue weighted by molar-refractivity contribution is -0.0418. The molecule has 3 heterocycles. The summed E-state index contributed by atoms with van der Waals surface area (Å²) in [7, 11) is 0. The number of hydrogen-bond acceptors (Lipinski definition) is 5. The van der Waals surface area contributed by atoms with Crippen LogP contribution in [0.2, 0.25) is 0 Å². The maximum atomic E-state index is 10.4. The molecule has 5 nitrogen and oxygen atoms in total. The standard InChI is InChI=1S/C20H20O5/c1-20(2)17(22)8-13-15(25-20)6-5-11-14-9-23-16-7-10(21)3-4-12(16)19(14)24-18(11)13/h3-7,14,17,19,21-22H,8-9H2,1-2H3/t14-,17+,19-/m1/s1. The molecule has 0 aliphatic carbocycles. The van der Waals surface area contributed by atoms with Crippen LogP contribution in [0.15, 0.2) is 30.3 Å². The van der Waals surface area contributed by atoms with Gasteiger partial charge in [0.05, 0.1) is 18.6 Å². The Hall–Kier alpha value is -2.40. The second-order valence-electron chi connectivity index (χ2n) is 7.56. The van der Waals surface area contributed by atoms with Crippen molar-refractivity contribution in [1.82, 2.24) is 0 Å². The Morgan fingerprint density at radius 3 is 2.72 bits per heavy atom. The Morgan fingerprint density at radius 2 is 1.88 bits per heavy atom. The minimum atomic E-state index is -0.611. The first kappa shape index (κ1) is 14.9. The fourth-order valence-electron chi connectivity index (χ4n) is 4.03. The highest BCUT2D eigenvalue weighted by atomic mass is 16.5. The largest absolute Gasteiger partial charge is 0.508 e. The maximum Gasteiger partial charge on any atom is 0.138 e. The van der Waals surface area contributed by atoms with E-state index in [0.717, 1.165) is 28.2 Å². The molecule has 5 rings (SSSR count). The van der Waals surface area contributed by atoms with E-state index in [1.54, 1.807) is 12.1 Å². The van der Waals surface area contributed by atoms with Crippen LogP contribution in [0.25, 0.3) is 0 Å². The van der Waals surface area contributed by atoms with E-state index in [-0.39, 0.29) is 17.8 Å². The molecule has 3 aliphatic heterocycles. The predicted molar refractivity (Wildman–Crippen MR) is 90.6 cm³/mol. The van der Waals surface area contributed by atoms with E-state index in [4.69, 9.17) is 14.2 Å². The van der Waals surface area contributed by atoms with Gasteiger partial charge in [0.2, 0.25) is 0 Å². The van der Waals surface area contributed by atoms with Crippen molar-refractivity contribution < 1.29 is 24.4 Å². The van der Waals surface area contributed by atoms with Gasteiger partial charge in [-0.1, -0.05) is 6.07 Å². The Labute approximate surface area is 145 Å². The number of aliphatic hydroxyl groups is 1. The van der Waals surface area contributed by atoms with Gasteiger partial charge in [-0.3, -0.25) is 0 Å². The number of phenols is 1. The molecule has 3 aliphatic rings. The third kappa shape index (κ3) is 2.05. The fraction of sp³-hybridized carbons (Fsp3) is 0.400. The van der Waals surface area contributed by atoms with Crippen molar-refractivity contribution in [1.29, 1.82) is 0 Å². The number of hydrogen-bond donors (Lipinski definition) is 2. The van der Waals surface area contributed by atoms with Crippen LogP contribution in [-0.4, -0.2) is 28.5 Å². The van der Waals surface area contributed by atoms with Crippen molar-refractivity contribution in [2.75, 3.05) is 6.61 Å². The SMILES string of the molecule is CC1(C)Oc2ccc3c(c2C[C@@H]1O)O[C@@H]1c2ccc(O)cc2OC[C@H]31. The highest BCUT2D eigenvalue weighted by molar-refractivity contribution is 5.58. The first-order chi connectivity index (χ1) is 11.9. The summed E-state index contributed by atoms with van der Waals surface area (Å²) >= 11 is 0. The van der Waals surface area contributed by atoms with Gasteiger partial charge in [-0.15, -0.1) is 0 Å². The number of fused-ring (bicyclic) bond motifs is 7. The molecule has 0 saturated carbocycles. The number of ether oxygens (including phenoxy) is 3. The van der Waals surface area contributed by atoms with E-state index < -0.39 is 11.7 Å². The number of aliphatic hydroxyl groups excluding tert-OH is 1. The molecule has 25 heavy (non-hydrogen) atoms. The molecule has 0 radical (unpaired) electrons. The summed E-state index contributed by atoms with van der Waals surface area (Å²) in [6, 6.07) is 9.15. The lowest BCUT2D eigenvalue weighted by Crippen LogP contribution is -2.46. The van der Waals surface area contributed by atoms with Gasteiger partial charge in [-0.05, 0) is 32.0 Å². The van der Waals surface area contributed by atoms with Crippen LogP contribution < -0.4 is 14.2 Å². The smallest absolute Gasteiger partial charge is 0.138 e. The molecule has 130 valence electrons. The lowest BCUT2D eigenvalue weighted by Gasteiger charge is -2.37. The summed E-state index contributed by atoms with van der Waals surface area (Å²) in [5.41, 5.74) is 2.36. The van der Waals surface area contributed by atoms with E-state index in [2.05, 4.69) is 0 Å². The number of phenolic OH excluding ortho intramolecular Hbond substituents is 1. The highest BCUT2D eigenvalue weighted by Gasteiger charge is 2.45. The van der Waals surface area contributed by atoms with Gasteiger partial charge in [0.1, 0.15) is 34.7 Å². The summed E-state index contributed by atoms with van der Waals surface area (Å²) in [5.74, 6) is 2.54. The molecule has 0 spiro atoms. The molecule has 0 bridgehead atoms. The van der Waals surface area contributed by atoms with Gasteiger partial charge < -0.3 is 24.4 Å². The maximum absolute atomic E-state index is 10.4. The zero-order valence-corrected chi connectivity index (χ0v) is 14.2. The Kier molecular flexibility index (Phi) is 2.87. The van der Waals surface area contributed by atoms with Crippen LogP contribution in [0.5, 0.6) is 23.0 Å². The molecule has 0 aromatic heterocycles. The first-order valence-electron chi connectivity index (χ1n) is 8.59. The third-order valence-corrected chi connectivity index (χ3v) is 5.55. The van der Waals surface area contributed by atoms with Gasteiger partial charge in [-0.2, -0.15) is 0 Å². The van der Waals surface area contributed by atoms with Crippen LogP contribution in [0.1, 0.15) is 42.6 Å². The zero-order valence-electron chi connectivity index (χ0n) is 14.2. The van der Waals surface area contributed by atoms with Crippen molar-refractivity contribution in [2.24, 2.45) is 0 Å². The number of rotatable bonds is 0. The highest BCUT2D eigenvalue weighted by Crippen LogP contribution is 2.55. The number of aromatic hydroxyl groups is 1. The molecule has 5 heteroatoms. The molecular weight excluding hydrogens is 320 g/mol.